The van der Waals surface area contributed by atoms with E-state index in [2.05, 4.69) is 31.0 Å². The van der Waals surface area contributed by atoms with Gasteiger partial charge < -0.3 is 10.7 Å². The molecule has 0 aliphatic heterocycles. The zero-order chi connectivity index (χ0) is 17.3. The summed E-state index contributed by atoms with van der Waals surface area (Å²) in [4.78, 5) is 3.63. The lowest BCUT2D eigenvalue weighted by molar-refractivity contribution is 0.748. The minimum absolute atomic E-state index is 0.577. The van der Waals surface area contributed by atoms with Gasteiger partial charge in [-0.3, -0.25) is 0 Å². The van der Waals surface area contributed by atoms with Crippen molar-refractivity contribution in [3.8, 4) is 11.3 Å². The Morgan fingerprint density at radius 1 is 1.00 bits per heavy atom. The van der Waals surface area contributed by atoms with Crippen LogP contribution in [0.25, 0.3) is 22.2 Å². The Morgan fingerprint density at radius 2 is 1.79 bits per heavy atom. The third-order valence-electron chi connectivity index (χ3n) is 4.70. The highest BCUT2D eigenvalue weighted by Gasteiger charge is 2.15. The van der Waals surface area contributed by atoms with Gasteiger partial charge in [0.25, 0.3) is 0 Å². The fourth-order valence-electron chi connectivity index (χ4n) is 3.17. The molecule has 0 aliphatic rings. The number of unbranched alkanes of at least 4 members (excludes halogenated alkanes) is 1. The number of hydrogen-bond donors (Lipinski definition) is 2. The van der Waals surface area contributed by atoms with Crippen molar-refractivity contribution in [2.75, 3.05) is 6.54 Å². The second-order valence-electron chi connectivity index (χ2n) is 6.28. The number of benzene rings is 2. The van der Waals surface area contributed by atoms with Gasteiger partial charge in [-0.2, -0.15) is 0 Å². The van der Waals surface area contributed by atoms with Crippen molar-refractivity contribution in [3.05, 3.63) is 57.1 Å². The Hall–Kier alpha value is -1.48. The number of nitrogens with two attached hydrogens (primary N) is 1. The van der Waals surface area contributed by atoms with E-state index < -0.39 is 0 Å². The Morgan fingerprint density at radius 3 is 2.50 bits per heavy atom. The van der Waals surface area contributed by atoms with Crippen molar-refractivity contribution >= 4 is 34.1 Å². The molecule has 0 saturated carbocycles. The SMILES string of the molecule is Cc1ccc2c(CCCCN)c(-c3ccc(Cl)c(Cl)c3)[nH]c2c1C. The maximum atomic E-state index is 6.24. The molecular formula is C20H22Cl2N2. The van der Waals surface area contributed by atoms with E-state index in [9.17, 15) is 0 Å². The first-order chi connectivity index (χ1) is 11.5. The third-order valence-corrected chi connectivity index (χ3v) is 5.44. The summed E-state index contributed by atoms with van der Waals surface area (Å²) in [5.41, 5.74) is 13.0. The standard InChI is InChI=1S/C20H22Cl2N2/c1-12-6-8-16-15(5-3-4-10-23)20(24-19(16)13(12)2)14-7-9-17(21)18(22)11-14/h6-9,11,24H,3-5,10,23H2,1-2H3. The second kappa shape index (κ2) is 7.18. The molecule has 0 bridgehead atoms. The lowest BCUT2D eigenvalue weighted by Gasteiger charge is -2.06. The predicted octanol–water partition coefficient (Wildman–Crippen LogP) is 6.04. The van der Waals surface area contributed by atoms with Crippen LogP contribution in [0.15, 0.2) is 30.3 Å². The number of aromatic amines is 1. The van der Waals surface area contributed by atoms with E-state index in [4.69, 9.17) is 28.9 Å². The van der Waals surface area contributed by atoms with Gasteiger partial charge in [0.15, 0.2) is 0 Å². The topological polar surface area (TPSA) is 41.8 Å². The maximum Gasteiger partial charge on any atom is 0.0599 e. The number of fused-ring (bicyclic) bond motifs is 1. The van der Waals surface area contributed by atoms with Crippen LogP contribution < -0.4 is 5.73 Å². The zero-order valence-corrected chi connectivity index (χ0v) is 15.6. The Kier molecular flexibility index (Phi) is 5.19. The lowest BCUT2D eigenvalue weighted by atomic mass is 9.98. The molecule has 0 radical (unpaired) electrons. The van der Waals surface area contributed by atoms with E-state index in [0.717, 1.165) is 37.1 Å². The molecule has 0 saturated heterocycles. The predicted molar refractivity (Wildman–Crippen MR) is 105 cm³/mol. The van der Waals surface area contributed by atoms with Crippen LogP contribution in [-0.2, 0) is 6.42 Å². The molecule has 126 valence electrons. The van der Waals surface area contributed by atoms with Gasteiger partial charge in [-0.15, -0.1) is 0 Å². The zero-order valence-electron chi connectivity index (χ0n) is 14.0. The summed E-state index contributed by atoms with van der Waals surface area (Å²) in [5.74, 6) is 0. The lowest BCUT2D eigenvalue weighted by Crippen LogP contribution is -1.99. The minimum Gasteiger partial charge on any atom is -0.354 e. The van der Waals surface area contributed by atoms with E-state index in [1.165, 1.54) is 27.6 Å². The molecule has 24 heavy (non-hydrogen) atoms. The van der Waals surface area contributed by atoms with Crippen LogP contribution in [0.3, 0.4) is 0 Å². The van der Waals surface area contributed by atoms with Crippen LogP contribution in [0.4, 0.5) is 0 Å². The summed E-state index contributed by atoms with van der Waals surface area (Å²) in [6.45, 7) is 5.03. The van der Waals surface area contributed by atoms with E-state index in [0.29, 0.717) is 10.0 Å². The van der Waals surface area contributed by atoms with Gasteiger partial charge in [-0.05, 0) is 74.0 Å². The summed E-state index contributed by atoms with van der Waals surface area (Å²) in [6, 6.07) is 10.2. The molecule has 0 amide bonds. The quantitative estimate of drug-likeness (QED) is 0.535. The molecule has 0 unspecified atom stereocenters. The first-order valence-corrected chi connectivity index (χ1v) is 9.04. The third kappa shape index (κ3) is 3.19. The van der Waals surface area contributed by atoms with Gasteiger partial charge in [-0.1, -0.05) is 41.4 Å². The number of aromatic nitrogens is 1. The van der Waals surface area contributed by atoms with Gasteiger partial charge in [0.2, 0.25) is 0 Å². The first kappa shape index (κ1) is 17.3. The van der Waals surface area contributed by atoms with Gasteiger partial charge in [0, 0.05) is 16.6 Å². The normalized spacial score (nSPS) is 11.4. The molecule has 4 heteroatoms. The summed E-state index contributed by atoms with van der Waals surface area (Å²) in [6.07, 6.45) is 3.10. The Bertz CT molecular complexity index is 881. The van der Waals surface area contributed by atoms with E-state index >= 15 is 0 Å². The molecule has 0 spiro atoms. The van der Waals surface area contributed by atoms with Crippen LogP contribution in [0.2, 0.25) is 10.0 Å². The summed E-state index contributed by atoms with van der Waals surface area (Å²) in [5, 5.41) is 2.44. The number of nitrogens with one attached hydrogen (secondary N) is 1. The molecule has 0 atom stereocenters. The van der Waals surface area contributed by atoms with E-state index in [1.54, 1.807) is 0 Å². The van der Waals surface area contributed by atoms with Crippen molar-refractivity contribution in [1.82, 2.24) is 4.98 Å². The molecule has 3 rings (SSSR count). The number of H-pyrrole nitrogens is 1. The van der Waals surface area contributed by atoms with E-state index in [1.807, 2.05) is 18.2 Å². The molecule has 3 N–H and O–H groups in total. The smallest absolute Gasteiger partial charge is 0.0599 e. The van der Waals surface area contributed by atoms with Crippen molar-refractivity contribution in [3.63, 3.8) is 0 Å². The molecule has 2 aromatic carbocycles. The molecular weight excluding hydrogens is 339 g/mol. The van der Waals surface area contributed by atoms with Crippen LogP contribution in [0, 0.1) is 13.8 Å². The molecule has 3 aromatic rings. The average molecular weight is 361 g/mol. The average Bonchev–Trinajstić information content (AvgIpc) is 2.93. The summed E-state index contributed by atoms with van der Waals surface area (Å²) < 4.78 is 0. The summed E-state index contributed by atoms with van der Waals surface area (Å²) in [7, 11) is 0. The first-order valence-electron chi connectivity index (χ1n) is 8.29. The molecule has 1 heterocycles. The van der Waals surface area contributed by atoms with E-state index in [-0.39, 0.29) is 0 Å². The monoisotopic (exact) mass is 360 g/mol. The molecule has 0 aliphatic carbocycles. The second-order valence-corrected chi connectivity index (χ2v) is 7.10. The largest absolute Gasteiger partial charge is 0.354 e. The van der Waals surface area contributed by atoms with Crippen LogP contribution in [-0.4, -0.2) is 11.5 Å². The molecule has 0 fully saturated rings. The molecule has 2 nitrogen and oxygen atoms in total. The van der Waals surface area contributed by atoms with Crippen molar-refractivity contribution in [2.24, 2.45) is 5.73 Å². The number of aryl methyl sites for hydroxylation is 3. The number of halogens is 2. The van der Waals surface area contributed by atoms with Crippen LogP contribution in [0.5, 0.6) is 0 Å². The highest BCUT2D eigenvalue weighted by molar-refractivity contribution is 6.42. The summed E-state index contributed by atoms with van der Waals surface area (Å²) >= 11 is 12.3. The highest BCUT2D eigenvalue weighted by atomic mass is 35.5. The molecule has 1 aromatic heterocycles. The van der Waals surface area contributed by atoms with Gasteiger partial charge in [0.05, 0.1) is 10.0 Å². The van der Waals surface area contributed by atoms with Crippen molar-refractivity contribution in [1.29, 1.82) is 0 Å². The van der Waals surface area contributed by atoms with Crippen molar-refractivity contribution in [2.45, 2.75) is 33.1 Å². The van der Waals surface area contributed by atoms with Crippen LogP contribution >= 0.6 is 23.2 Å². The Labute approximate surface area is 153 Å². The number of rotatable bonds is 5. The minimum atomic E-state index is 0.577. The Balaban J connectivity index is 2.18. The van der Waals surface area contributed by atoms with Gasteiger partial charge in [-0.25, -0.2) is 0 Å². The van der Waals surface area contributed by atoms with Crippen LogP contribution in [0.1, 0.15) is 29.5 Å². The van der Waals surface area contributed by atoms with Gasteiger partial charge in [0.1, 0.15) is 0 Å². The fraction of sp³-hybridized carbons (Fsp3) is 0.300. The van der Waals surface area contributed by atoms with Gasteiger partial charge >= 0.3 is 0 Å². The van der Waals surface area contributed by atoms with Crippen molar-refractivity contribution < 1.29 is 0 Å². The maximum absolute atomic E-state index is 6.24. The fourth-order valence-corrected chi connectivity index (χ4v) is 3.47. The highest BCUT2D eigenvalue weighted by Crippen LogP contribution is 2.36. The number of hydrogen-bond acceptors (Lipinski definition) is 1.